The molecule has 0 heterocycles. The van der Waals surface area contributed by atoms with Crippen molar-refractivity contribution in [1.82, 2.24) is 0 Å². The number of carbonyl (C=O) groups is 2. The number of ether oxygens (including phenoxy) is 2. The Hall–Kier alpha value is -1.84. The van der Waals surface area contributed by atoms with Crippen LogP contribution < -0.4 is 0 Å². The second-order valence-corrected chi connectivity index (χ2v) is 2.56. The van der Waals surface area contributed by atoms with Crippen LogP contribution in [0, 0.1) is 0 Å². The summed E-state index contributed by atoms with van der Waals surface area (Å²) in [7, 11) is 2.35. The fraction of sp³-hybridized carbons (Fsp3) is 0.273. The molecule has 0 aliphatic carbocycles. The predicted octanol–water partition coefficient (Wildman–Crippen LogP) is 1.90. The van der Waals surface area contributed by atoms with E-state index in [0.717, 1.165) is 0 Å². The van der Waals surface area contributed by atoms with Crippen LogP contribution in [0.15, 0.2) is 24.3 Å². The summed E-state index contributed by atoms with van der Waals surface area (Å²) in [5.74, 6) is -0.858. The van der Waals surface area contributed by atoms with Crippen molar-refractivity contribution >= 4 is 11.9 Å². The minimum Gasteiger partial charge on any atom is -0.465 e. The van der Waals surface area contributed by atoms with Gasteiger partial charge in [-0.25, -0.2) is 9.59 Å². The second kappa shape index (κ2) is 5.80. The van der Waals surface area contributed by atoms with Crippen molar-refractivity contribution in [3.63, 3.8) is 0 Å². The fourth-order valence-corrected chi connectivity index (χ4v) is 0.978. The summed E-state index contributed by atoms with van der Waals surface area (Å²) in [5.41, 5.74) is 0.806. The quantitative estimate of drug-likeness (QED) is 0.704. The SMILES string of the molecule is COC(=O)c1ccc(C(=O)OC)cc1.[2H]C[3H]. The summed E-state index contributed by atoms with van der Waals surface area (Å²) in [6.07, 6.45) is 0. The molecule has 0 N–H and O–H groups in total. The number of hydrogen-bond acceptors (Lipinski definition) is 4. The molecule has 1 rings (SSSR count). The molecule has 0 aliphatic rings. The average molecular weight is 213 g/mol. The molecule has 4 heteroatoms. The summed E-state index contributed by atoms with van der Waals surface area (Å²) in [5, 5.41) is 0. The third-order valence-corrected chi connectivity index (χ3v) is 1.73. The molecule has 0 atom stereocenters. The van der Waals surface area contributed by atoms with Crippen LogP contribution in [0.4, 0.5) is 0 Å². The minimum absolute atomic E-state index is 0.250. The van der Waals surface area contributed by atoms with Gasteiger partial charge in [0.05, 0.1) is 25.3 Å². The smallest absolute Gasteiger partial charge is 0.337 e. The van der Waals surface area contributed by atoms with E-state index in [1.54, 1.807) is 0 Å². The van der Waals surface area contributed by atoms with Gasteiger partial charge in [0.25, 0.3) is 0 Å². The lowest BCUT2D eigenvalue weighted by molar-refractivity contribution is 0.0586. The second-order valence-electron chi connectivity index (χ2n) is 2.56. The molecule has 4 nitrogen and oxygen atoms in total. The molecule has 1 aromatic rings. The maximum absolute atomic E-state index is 11.0. The Bertz CT molecular complexity index is 327. The summed E-state index contributed by atoms with van der Waals surface area (Å²) in [6, 6.07) is 6.05. The molecule has 0 bridgehead atoms. The van der Waals surface area contributed by atoms with Crippen molar-refractivity contribution in [2.24, 2.45) is 0 Å². The molecule has 0 fully saturated rings. The number of methoxy groups -OCH3 is 2. The Morgan fingerprint density at radius 3 is 1.67 bits per heavy atom. The Morgan fingerprint density at radius 1 is 1.20 bits per heavy atom. The molecule has 0 radical (unpaired) electrons. The largest absolute Gasteiger partial charge is 0.465 e. The molecule has 0 aliphatic heterocycles. The van der Waals surface area contributed by atoms with Crippen LogP contribution in [0.25, 0.3) is 0 Å². The van der Waals surface area contributed by atoms with Gasteiger partial charge in [-0.05, 0) is 24.3 Å². The van der Waals surface area contributed by atoms with E-state index in [9.17, 15) is 9.59 Å². The van der Waals surface area contributed by atoms with E-state index in [4.69, 9.17) is 2.74 Å². The van der Waals surface area contributed by atoms with Gasteiger partial charge in [-0.1, -0.05) is 7.38 Å². The van der Waals surface area contributed by atoms with E-state index < -0.39 is 11.9 Å². The highest BCUT2D eigenvalue weighted by Crippen LogP contribution is 2.06. The van der Waals surface area contributed by atoms with Gasteiger partial charge in [0.1, 0.15) is 0 Å². The van der Waals surface area contributed by atoms with Crippen LogP contribution in [-0.4, -0.2) is 26.2 Å². The molecule has 0 spiro atoms. The van der Waals surface area contributed by atoms with Crippen LogP contribution in [0.1, 0.15) is 30.8 Å². The first-order valence-electron chi connectivity index (χ1n) is 5.37. The number of esters is 2. The molecule has 0 unspecified atom stereocenters. The summed E-state index contributed by atoms with van der Waals surface area (Å²) >= 11 is 0. The van der Waals surface area contributed by atoms with Crippen molar-refractivity contribution < 1.29 is 21.8 Å². The molecular formula is C11H14O4. The topological polar surface area (TPSA) is 52.6 Å². The Morgan fingerprint density at radius 2 is 1.47 bits per heavy atom. The standard InChI is InChI=1S/C10H10O4.CH4/c1-13-9(11)7-3-5-8(6-4-7)10(12)14-2;/h3-6H,1-2H3;1H4/i;1TD. The van der Waals surface area contributed by atoms with Crippen LogP contribution in [0.3, 0.4) is 0 Å². The molecular weight excluding hydrogens is 196 g/mol. The number of carbonyl (C=O) groups excluding carboxylic acids is 2. The van der Waals surface area contributed by atoms with E-state index in [2.05, 4.69) is 9.47 Å². The molecule has 0 aromatic heterocycles. The van der Waals surface area contributed by atoms with E-state index in [1.807, 2.05) is 0 Å². The zero-order valence-electron chi connectivity index (χ0n) is 10.6. The maximum atomic E-state index is 11.0. The highest BCUT2D eigenvalue weighted by Gasteiger charge is 2.08. The van der Waals surface area contributed by atoms with Gasteiger partial charge >= 0.3 is 11.9 Å². The number of rotatable bonds is 2. The molecule has 0 saturated heterocycles. The van der Waals surface area contributed by atoms with E-state index in [-0.39, 0.29) is 7.38 Å². The summed E-state index contributed by atoms with van der Waals surface area (Å²) < 4.78 is 20.8. The highest BCUT2D eigenvalue weighted by molar-refractivity contribution is 5.93. The predicted molar refractivity (Wildman–Crippen MR) is 55.9 cm³/mol. The van der Waals surface area contributed by atoms with Crippen molar-refractivity contribution in [3.05, 3.63) is 35.4 Å². The van der Waals surface area contributed by atoms with Gasteiger partial charge in [-0.15, -0.1) is 0 Å². The zero-order chi connectivity index (χ0) is 13.3. The van der Waals surface area contributed by atoms with E-state index in [1.165, 1.54) is 38.5 Å². The number of benzene rings is 1. The number of hydrogen-bond donors (Lipinski definition) is 0. The average Bonchev–Trinajstić information content (AvgIpc) is 2.38. The Balaban J connectivity index is 0.000000770. The third kappa shape index (κ3) is 3.09. The Kier molecular flexibility index (Phi) is 3.75. The van der Waals surface area contributed by atoms with Gasteiger partial charge in [0.15, 0.2) is 0 Å². The maximum Gasteiger partial charge on any atom is 0.337 e. The van der Waals surface area contributed by atoms with Gasteiger partial charge in [-0.3, -0.25) is 0 Å². The summed E-state index contributed by atoms with van der Waals surface area (Å²) in [4.78, 5) is 22.1. The first-order chi connectivity index (χ1) is 8.10. The lowest BCUT2D eigenvalue weighted by Crippen LogP contribution is -2.04. The minimum atomic E-state index is -0.429. The van der Waals surface area contributed by atoms with E-state index in [0.29, 0.717) is 11.1 Å². The fourth-order valence-electron chi connectivity index (χ4n) is 0.978. The van der Waals surface area contributed by atoms with Gasteiger partial charge < -0.3 is 9.47 Å². The Labute approximate surface area is 91.6 Å². The third-order valence-electron chi connectivity index (χ3n) is 1.73. The lowest BCUT2D eigenvalue weighted by atomic mass is 10.1. The van der Waals surface area contributed by atoms with Crippen molar-refractivity contribution in [3.8, 4) is 0 Å². The van der Waals surface area contributed by atoms with Crippen molar-refractivity contribution in [1.29, 1.82) is 0 Å². The first kappa shape index (κ1) is 9.71. The van der Waals surface area contributed by atoms with Crippen molar-refractivity contribution in [2.75, 3.05) is 14.2 Å². The lowest BCUT2D eigenvalue weighted by Gasteiger charge is -2.00. The van der Waals surface area contributed by atoms with Crippen LogP contribution in [-0.2, 0) is 9.47 Å². The summed E-state index contributed by atoms with van der Waals surface area (Å²) in [6.45, 7) is 0. The van der Waals surface area contributed by atoms with Gasteiger partial charge in [-0.2, -0.15) is 0 Å². The van der Waals surface area contributed by atoms with Crippen molar-refractivity contribution in [2.45, 2.75) is 7.38 Å². The normalized spacial score (nSPS) is 10.0. The van der Waals surface area contributed by atoms with Crippen LogP contribution in [0.5, 0.6) is 0 Å². The molecule has 15 heavy (non-hydrogen) atoms. The zero-order valence-corrected chi connectivity index (χ0v) is 8.65. The van der Waals surface area contributed by atoms with Gasteiger partial charge in [0.2, 0.25) is 0 Å². The molecule has 0 saturated carbocycles. The molecule has 0 amide bonds. The highest BCUT2D eigenvalue weighted by atomic mass is 16.5. The van der Waals surface area contributed by atoms with Crippen LogP contribution in [0.2, 0.25) is 0 Å². The molecule has 82 valence electrons. The first-order valence-corrected chi connectivity index (χ1v) is 3.95. The molecule has 1 aromatic carbocycles. The van der Waals surface area contributed by atoms with Crippen LogP contribution >= 0.6 is 0 Å². The monoisotopic (exact) mass is 213 g/mol. The van der Waals surface area contributed by atoms with E-state index >= 15 is 0 Å². The van der Waals surface area contributed by atoms with Gasteiger partial charge in [0, 0.05) is 2.74 Å².